The van der Waals surface area contributed by atoms with Crippen molar-refractivity contribution in [3.63, 3.8) is 0 Å². The lowest BCUT2D eigenvalue weighted by atomic mass is 10.1. The average Bonchev–Trinajstić information content (AvgIpc) is 2.73. The molecular weight excluding hydrogens is 416 g/mol. The van der Waals surface area contributed by atoms with E-state index in [9.17, 15) is 14.4 Å². The second-order valence-corrected chi connectivity index (χ2v) is 7.30. The molecule has 8 nitrogen and oxygen atoms in total. The molecule has 4 N–H and O–H groups in total. The molecule has 9 heteroatoms. The van der Waals surface area contributed by atoms with Gasteiger partial charge in [-0.3, -0.25) is 30.6 Å². The molecule has 0 fully saturated rings. The number of amides is 3. The number of hydrogen-bond donors (Lipinski definition) is 4. The Hall–Kier alpha value is -3.46. The number of carbonyl (C=O) groups excluding carboxylic acids is 3. The van der Waals surface area contributed by atoms with E-state index in [1.165, 1.54) is 0 Å². The van der Waals surface area contributed by atoms with Crippen molar-refractivity contribution in [2.75, 3.05) is 11.9 Å². The molecular formula is C22H26N4O4S. The molecule has 0 heterocycles. The van der Waals surface area contributed by atoms with E-state index in [0.29, 0.717) is 23.4 Å². The molecule has 31 heavy (non-hydrogen) atoms. The van der Waals surface area contributed by atoms with Crippen molar-refractivity contribution in [3.8, 4) is 5.75 Å². The summed E-state index contributed by atoms with van der Waals surface area (Å²) in [5.41, 5.74) is 7.78. The molecule has 0 saturated carbocycles. The van der Waals surface area contributed by atoms with Crippen molar-refractivity contribution >= 4 is 40.7 Å². The minimum absolute atomic E-state index is 0.0636. The molecule has 0 saturated heterocycles. The van der Waals surface area contributed by atoms with E-state index in [4.69, 9.17) is 17.0 Å². The van der Waals surface area contributed by atoms with Crippen molar-refractivity contribution in [1.82, 2.24) is 16.2 Å². The van der Waals surface area contributed by atoms with Crippen LogP contribution in [0.1, 0.15) is 41.3 Å². The van der Waals surface area contributed by atoms with Gasteiger partial charge >= 0.3 is 0 Å². The van der Waals surface area contributed by atoms with Gasteiger partial charge in [-0.15, -0.1) is 0 Å². The maximum Gasteiger partial charge on any atom is 0.269 e. The van der Waals surface area contributed by atoms with E-state index in [1.54, 1.807) is 24.3 Å². The third kappa shape index (κ3) is 8.06. The van der Waals surface area contributed by atoms with E-state index in [2.05, 4.69) is 21.5 Å². The molecule has 3 amide bonds. The number of benzene rings is 2. The summed E-state index contributed by atoms with van der Waals surface area (Å²) < 4.78 is 5.51. The predicted octanol–water partition coefficient (Wildman–Crippen LogP) is 2.76. The molecule has 0 unspecified atom stereocenters. The number of aryl methyl sites for hydroxylation is 2. The molecule has 0 bridgehead atoms. The average molecular weight is 443 g/mol. The van der Waals surface area contributed by atoms with E-state index in [0.717, 1.165) is 17.5 Å². The highest BCUT2D eigenvalue weighted by atomic mass is 32.1. The van der Waals surface area contributed by atoms with Crippen molar-refractivity contribution in [1.29, 1.82) is 0 Å². The minimum atomic E-state index is -0.458. The SMILES string of the molecule is CCCC(=O)Nc1ccc(C(=O)NNC(=S)NC(=O)COc2cc(C)ccc2C)cc1. The van der Waals surface area contributed by atoms with Crippen LogP contribution in [0.5, 0.6) is 5.75 Å². The summed E-state index contributed by atoms with van der Waals surface area (Å²) in [4.78, 5) is 35.8. The first kappa shape index (κ1) is 23.8. The van der Waals surface area contributed by atoms with Crippen LogP contribution < -0.4 is 26.2 Å². The third-order valence-electron chi connectivity index (χ3n) is 4.15. The van der Waals surface area contributed by atoms with Crippen LogP contribution in [-0.4, -0.2) is 29.4 Å². The Kier molecular flexibility index (Phi) is 8.95. The summed E-state index contributed by atoms with van der Waals surface area (Å²) in [6.07, 6.45) is 1.19. The Morgan fingerprint density at radius 2 is 1.68 bits per heavy atom. The van der Waals surface area contributed by atoms with Crippen LogP contribution in [-0.2, 0) is 9.59 Å². The standard InChI is InChI=1S/C22H26N4O4S/c1-4-5-19(27)23-17-10-8-16(9-11-17)21(29)25-26-22(31)24-20(28)13-30-18-12-14(2)6-7-15(18)3/h6-12H,4-5,13H2,1-3H3,(H,23,27)(H,25,29)(H2,24,26,28,31). The molecule has 0 aromatic heterocycles. The van der Waals surface area contributed by atoms with Gasteiger partial charge in [0.05, 0.1) is 0 Å². The van der Waals surface area contributed by atoms with Gasteiger partial charge in [-0.25, -0.2) is 0 Å². The zero-order chi connectivity index (χ0) is 22.8. The summed E-state index contributed by atoms with van der Waals surface area (Å²) in [5, 5.41) is 5.11. The first-order chi connectivity index (χ1) is 14.8. The van der Waals surface area contributed by atoms with Crippen molar-refractivity contribution in [3.05, 3.63) is 59.2 Å². The van der Waals surface area contributed by atoms with Gasteiger partial charge in [-0.1, -0.05) is 19.1 Å². The Morgan fingerprint density at radius 1 is 0.968 bits per heavy atom. The van der Waals surface area contributed by atoms with Crippen LogP contribution in [0.25, 0.3) is 0 Å². The first-order valence-corrected chi connectivity index (χ1v) is 10.2. The lowest BCUT2D eigenvalue weighted by Crippen LogP contribution is -2.49. The van der Waals surface area contributed by atoms with Crippen LogP contribution in [0.3, 0.4) is 0 Å². The minimum Gasteiger partial charge on any atom is -0.483 e. The van der Waals surface area contributed by atoms with E-state index in [1.807, 2.05) is 39.0 Å². The predicted molar refractivity (Wildman–Crippen MR) is 123 cm³/mol. The van der Waals surface area contributed by atoms with Crippen molar-refractivity contribution in [2.45, 2.75) is 33.6 Å². The van der Waals surface area contributed by atoms with E-state index in [-0.39, 0.29) is 17.6 Å². The number of hydrazine groups is 1. The Balaban J connectivity index is 1.76. The summed E-state index contributed by atoms with van der Waals surface area (Å²) in [6.45, 7) is 5.53. The van der Waals surface area contributed by atoms with Crippen molar-refractivity contribution < 1.29 is 19.1 Å². The number of anilines is 1. The van der Waals surface area contributed by atoms with Gasteiger partial charge < -0.3 is 10.1 Å². The topological polar surface area (TPSA) is 109 Å². The third-order valence-corrected chi connectivity index (χ3v) is 4.36. The summed E-state index contributed by atoms with van der Waals surface area (Å²) in [5.74, 6) is -0.366. The molecule has 0 spiro atoms. The second-order valence-electron chi connectivity index (χ2n) is 6.89. The first-order valence-electron chi connectivity index (χ1n) is 9.78. The fourth-order valence-electron chi connectivity index (χ4n) is 2.54. The number of hydrogen-bond acceptors (Lipinski definition) is 5. The van der Waals surface area contributed by atoms with Gasteiger partial charge in [0.15, 0.2) is 11.7 Å². The Labute approximate surface area is 186 Å². The molecule has 164 valence electrons. The molecule has 0 radical (unpaired) electrons. The van der Waals surface area contributed by atoms with Crippen molar-refractivity contribution in [2.24, 2.45) is 0 Å². The van der Waals surface area contributed by atoms with E-state index < -0.39 is 11.8 Å². The molecule has 2 aromatic carbocycles. The van der Waals surface area contributed by atoms with Crippen LogP contribution in [0.4, 0.5) is 5.69 Å². The van der Waals surface area contributed by atoms with Gasteiger partial charge in [0.1, 0.15) is 5.75 Å². The quantitative estimate of drug-likeness (QED) is 0.388. The summed E-state index contributed by atoms with van der Waals surface area (Å²) in [6, 6.07) is 12.1. The maximum atomic E-state index is 12.2. The number of thiocarbonyl (C=S) groups is 1. The molecule has 0 aliphatic carbocycles. The highest BCUT2D eigenvalue weighted by Crippen LogP contribution is 2.18. The van der Waals surface area contributed by atoms with Gasteiger partial charge in [0.25, 0.3) is 11.8 Å². The van der Waals surface area contributed by atoms with E-state index >= 15 is 0 Å². The number of nitrogens with one attached hydrogen (secondary N) is 4. The zero-order valence-corrected chi connectivity index (χ0v) is 18.5. The molecule has 0 atom stereocenters. The van der Waals surface area contributed by atoms with Gasteiger partial charge in [0.2, 0.25) is 5.91 Å². The molecule has 0 aliphatic heterocycles. The van der Waals surface area contributed by atoms with Crippen LogP contribution >= 0.6 is 12.2 Å². The Bertz CT molecular complexity index is 960. The second kappa shape index (κ2) is 11.7. The van der Waals surface area contributed by atoms with Gasteiger partial charge in [-0.05, 0) is 73.9 Å². The van der Waals surface area contributed by atoms with Gasteiger partial charge in [0, 0.05) is 17.7 Å². The fourth-order valence-corrected chi connectivity index (χ4v) is 2.71. The smallest absolute Gasteiger partial charge is 0.269 e. The fraction of sp³-hybridized carbons (Fsp3) is 0.273. The zero-order valence-electron chi connectivity index (χ0n) is 17.7. The summed E-state index contributed by atoms with van der Waals surface area (Å²) >= 11 is 5.01. The molecule has 0 aliphatic rings. The monoisotopic (exact) mass is 442 g/mol. The van der Waals surface area contributed by atoms with Crippen LogP contribution in [0, 0.1) is 13.8 Å². The molecule has 2 aromatic rings. The largest absolute Gasteiger partial charge is 0.483 e. The lowest BCUT2D eigenvalue weighted by molar-refractivity contribution is -0.121. The lowest BCUT2D eigenvalue weighted by Gasteiger charge is -2.12. The highest BCUT2D eigenvalue weighted by molar-refractivity contribution is 7.80. The molecule has 2 rings (SSSR count). The normalized spacial score (nSPS) is 10.0. The van der Waals surface area contributed by atoms with Gasteiger partial charge in [-0.2, -0.15) is 0 Å². The number of carbonyl (C=O) groups is 3. The van der Waals surface area contributed by atoms with Crippen LogP contribution in [0.15, 0.2) is 42.5 Å². The Morgan fingerprint density at radius 3 is 2.35 bits per heavy atom. The highest BCUT2D eigenvalue weighted by Gasteiger charge is 2.10. The number of ether oxygens (including phenoxy) is 1. The summed E-state index contributed by atoms with van der Waals surface area (Å²) in [7, 11) is 0. The number of rotatable bonds is 7. The maximum absolute atomic E-state index is 12.2. The van der Waals surface area contributed by atoms with Crippen LogP contribution in [0.2, 0.25) is 0 Å².